The second-order valence-electron chi connectivity index (χ2n) is 5.49. The summed E-state index contributed by atoms with van der Waals surface area (Å²) in [7, 11) is 0. The largest absolute Gasteiger partial charge is 0.444 e. The van der Waals surface area contributed by atoms with Gasteiger partial charge in [-0.3, -0.25) is 4.79 Å². The first-order chi connectivity index (χ1) is 9.58. The second kappa shape index (κ2) is 7.00. The SMILES string of the molecule is CC(NC(=O)OC(C)(C)C)C(=O)Nc1ccc(Cl)c(Cl)c1. The van der Waals surface area contributed by atoms with Crippen LogP contribution in [0.5, 0.6) is 0 Å². The predicted molar refractivity (Wildman–Crippen MR) is 83.9 cm³/mol. The molecule has 1 unspecified atom stereocenters. The molecule has 0 spiro atoms. The molecule has 1 atom stereocenters. The van der Waals surface area contributed by atoms with E-state index in [9.17, 15) is 9.59 Å². The molecule has 21 heavy (non-hydrogen) atoms. The van der Waals surface area contributed by atoms with Crippen LogP contribution < -0.4 is 10.6 Å². The van der Waals surface area contributed by atoms with Crippen LogP contribution in [0.2, 0.25) is 10.0 Å². The van der Waals surface area contributed by atoms with Crippen molar-refractivity contribution in [3.05, 3.63) is 28.2 Å². The van der Waals surface area contributed by atoms with Gasteiger partial charge in [0.1, 0.15) is 11.6 Å². The molecular weight excluding hydrogens is 315 g/mol. The number of ether oxygens (including phenoxy) is 1. The third-order valence-corrected chi connectivity index (χ3v) is 3.05. The average Bonchev–Trinajstić information content (AvgIpc) is 2.31. The summed E-state index contributed by atoms with van der Waals surface area (Å²) in [5.41, 5.74) is -0.128. The molecule has 0 radical (unpaired) electrons. The first-order valence-corrected chi connectivity index (χ1v) is 7.09. The highest BCUT2D eigenvalue weighted by atomic mass is 35.5. The fourth-order valence-electron chi connectivity index (χ4n) is 1.37. The van der Waals surface area contributed by atoms with Crippen LogP contribution in [0.25, 0.3) is 0 Å². The lowest BCUT2D eigenvalue weighted by atomic mass is 10.2. The van der Waals surface area contributed by atoms with Crippen LogP contribution in [-0.4, -0.2) is 23.6 Å². The number of alkyl carbamates (subject to hydrolysis) is 1. The van der Waals surface area contributed by atoms with Gasteiger partial charge < -0.3 is 15.4 Å². The van der Waals surface area contributed by atoms with Gasteiger partial charge >= 0.3 is 6.09 Å². The first kappa shape index (κ1) is 17.6. The summed E-state index contributed by atoms with van der Waals surface area (Å²) in [4.78, 5) is 23.5. The van der Waals surface area contributed by atoms with E-state index in [0.29, 0.717) is 15.7 Å². The van der Waals surface area contributed by atoms with Crippen LogP contribution in [0.1, 0.15) is 27.7 Å². The van der Waals surface area contributed by atoms with Gasteiger partial charge in [-0.25, -0.2) is 4.79 Å². The number of rotatable bonds is 3. The second-order valence-corrected chi connectivity index (χ2v) is 6.30. The quantitative estimate of drug-likeness (QED) is 0.883. The molecule has 1 rings (SSSR count). The molecule has 0 saturated carbocycles. The van der Waals surface area contributed by atoms with Gasteiger partial charge in [-0.05, 0) is 45.9 Å². The molecular formula is C14H18Cl2N2O3. The smallest absolute Gasteiger partial charge is 0.408 e. The summed E-state index contributed by atoms with van der Waals surface area (Å²) < 4.78 is 5.07. The average molecular weight is 333 g/mol. The number of hydrogen-bond donors (Lipinski definition) is 2. The molecule has 0 bridgehead atoms. The molecule has 7 heteroatoms. The summed E-state index contributed by atoms with van der Waals surface area (Å²) in [5, 5.41) is 5.81. The number of benzene rings is 1. The molecule has 0 aliphatic carbocycles. The number of halogens is 2. The van der Waals surface area contributed by atoms with E-state index in [0.717, 1.165) is 0 Å². The Morgan fingerprint density at radius 1 is 1.19 bits per heavy atom. The van der Waals surface area contributed by atoms with Crippen molar-refractivity contribution in [2.75, 3.05) is 5.32 Å². The van der Waals surface area contributed by atoms with Gasteiger partial charge in [0.2, 0.25) is 5.91 Å². The van der Waals surface area contributed by atoms with Gasteiger partial charge in [0.15, 0.2) is 0 Å². The lowest BCUT2D eigenvalue weighted by Crippen LogP contribution is -2.43. The predicted octanol–water partition coefficient (Wildman–Crippen LogP) is 3.85. The van der Waals surface area contributed by atoms with Crippen molar-refractivity contribution in [3.8, 4) is 0 Å². The van der Waals surface area contributed by atoms with Crippen LogP contribution in [0.3, 0.4) is 0 Å². The Kier molecular flexibility index (Phi) is 5.87. The van der Waals surface area contributed by atoms with Crippen LogP contribution in [0.4, 0.5) is 10.5 Å². The number of anilines is 1. The highest BCUT2D eigenvalue weighted by molar-refractivity contribution is 6.42. The maximum atomic E-state index is 12.0. The number of carbonyl (C=O) groups is 2. The fourth-order valence-corrected chi connectivity index (χ4v) is 1.67. The van der Waals surface area contributed by atoms with Gasteiger partial charge in [0.05, 0.1) is 10.0 Å². The fraction of sp³-hybridized carbons (Fsp3) is 0.429. The maximum Gasteiger partial charge on any atom is 0.408 e. The highest BCUT2D eigenvalue weighted by Crippen LogP contribution is 2.25. The third-order valence-electron chi connectivity index (χ3n) is 2.31. The zero-order valence-electron chi connectivity index (χ0n) is 12.3. The van der Waals surface area contributed by atoms with Crippen LogP contribution in [0, 0.1) is 0 Å². The van der Waals surface area contributed by atoms with E-state index < -0.39 is 17.7 Å². The summed E-state index contributed by atoms with van der Waals surface area (Å²) >= 11 is 11.7. The molecule has 0 fully saturated rings. The van der Waals surface area contributed by atoms with Gasteiger partial charge in [-0.15, -0.1) is 0 Å². The molecule has 0 aliphatic heterocycles. The van der Waals surface area contributed by atoms with Crippen molar-refractivity contribution in [1.29, 1.82) is 0 Å². The van der Waals surface area contributed by atoms with Crippen LogP contribution >= 0.6 is 23.2 Å². The molecule has 2 amide bonds. The molecule has 1 aromatic carbocycles. The first-order valence-electron chi connectivity index (χ1n) is 6.34. The minimum absolute atomic E-state index is 0.335. The maximum absolute atomic E-state index is 12.0. The molecule has 5 nitrogen and oxygen atoms in total. The molecule has 1 aromatic rings. The van der Waals surface area contributed by atoms with Gasteiger partial charge in [0.25, 0.3) is 0 Å². The minimum Gasteiger partial charge on any atom is -0.444 e. The van der Waals surface area contributed by atoms with Crippen molar-refractivity contribution in [3.63, 3.8) is 0 Å². The highest BCUT2D eigenvalue weighted by Gasteiger charge is 2.21. The minimum atomic E-state index is -0.755. The van der Waals surface area contributed by atoms with E-state index in [2.05, 4.69) is 10.6 Å². The van der Waals surface area contributed by atoms with Gasteiger partial charge in [-0.2, -0.15) is 0 Å². The summed E-state index contributed by atoms with van der Waals surface area (Å²) in [6.07, 6.45) is -0.653. The van der Waals surface area contributed by atoms with E-state index in [1.165, 1.54) is 6.07 Å². The number of carbonyl (C=O) groups excluding carboxylic acids is 2. The van der Waals surface area contributed by atoms with Crippen molar-refractivity contribution in [1.82, 2.24) is 5.32 Å². The third kappa shape index (κ3) is 6.23. The van der Waals surface area contributed by atoms with E-state index >= 15 is 0 Å². The standard InChI is InChI=1S/C14H18Cl2N2O3/c1-8(17-13(20)21-14(2,3)4)12(19)18-9-5-6-10(15)11(16)7-9/h5-8H,1-4H3,(H,17,20)(H,18,19). The Labute approximate surface area is 133 Å². The van der Waals surface area contributed by atoms with Gasteiger partial charge in [0, 0.05) is 5.69 Å². The van der Waals surface area contributed by atoms with Crippen molar-refractivity contribution < 1.29 is 14.3 Å². The Morgan fingerprint density at radius 2 is 1.81 bits per heavy atom. The summed E-state index contributed by atoms with van der Waals surface area (Å²) in [6, 6.07) is 3.97. The van der Waals surface area contributed by atoms with Crippen molar-refractivity contribution in [2.45, 2.75) is 39.3 Å². The number of nitrogens with one attached hydrogen (secondary N) is 2. The Balaban J connectivity index is 2.58. The number of hydrogen-bond acceptors (Lipinski definition) is 3. The van der Waals surface area contributed by atoms with Crippen molar-refractivity contribution in [2.24, 2.45) is 0 Å². The van der Waals surface area contributed by atoms with Gasteiger partial charge in [-0.1, -0.05) is 23.2 Å². The van der Waals surface area contributed by atoms with E-state index in [1.54, 1.807) is 39.8 Å². The normalized spacial score (nSPS) is 12.5. The molecule has 0 aromatic heterocycles. The van der Waals surface area contributed by atoms with E-state index in [-0.39, 0.29) is 5.91 Å². The number of amides is 2. The zero-order valence-corrected chi connectivity index (χ0v) is 13.8. The molecule has 116 valence electrons. The molecule has 2 N–H and O–H groups in total. The summed E-state index contributed by atoms with van der Waals surface area (Å²) in [5.74, 6) is -0.390. The lowest BCUT2D eigenvalue weighted by Gasteiger charge is -2.21. The molecule has 0 aliphatic rings. The van der Waals surface area contributed by atoms with Crippen LogP contribution in [-0.2, 0) is 9.53 Å². The zero-order chi connectivity index (χ0) is 16.2. The Bertz CT molecular complexity index is 542. The summed E-state index contributed by atoms with van der Waals surface area (Å²) in [6.45, 7) is 6.78. The lowest BCUT2D eigenvalue weighted by molar-refractivity contribution is -0.117. The van der Waals surface area contributed by atoms with Crippen molar-refractivity contribution >= 4 is 40.9 Å². The molecule has 0 heterocycles. The van der Waals surface area contributed by atoms with E-state index in [4.69, 9.17) is 27.9 Å². The topological polar surface area (TPSA) is 67.4 Å². The monoisotopic (exact) mass is 332 g/mol. The van der Waals surface area contributed by atoms with Crippen LogP contribution in [0.15, 0.2) is 18.2 Å². The molecule has 0 saturated heterocycles. The van der Waals surface area contributed by atoms with E-state index in [1.807, 2.05) is 0 Å². The Hall–Kier alpha value is -1.46. The Morgan fingerprint density at radius 3 is 2.33 bits per heavy atom.